The lowest BCUT2D eigenvalue weighted by molar-refractivity contribution is -0.189. The fourth-order valence-corrected chi connectivity index (χ4v) is 6.36. The Labute approximate surface area is 138 Å². The van der Waals surface area contributed by atoms with Crippen LogP contribution in [0.15, 0.2) is 11.6 Å². The van der Waals surface area contributed by atoms with Crippen molar-refractivity contribution in [2.24, 2.45) is 28.6 Å². The van der Waals surface area contributed by atoms with Crippen LogP contribution in [0.1, 0.15) is 65.7 Å². The zero-order valence-electron chi connectivity index (χ0n) is 14.6. The molecule has 1 heterocycles. The quantitative estimate of drug-likeness (QED) is 0.633. The Morgan fingerprint density at radius 2 is 1.87 bits per heavy atom. The summed E-state index contributed by atoms with van der Waals surface area (Å²) in [5.74, 6) is 2.00. The zero-order valence-corrected chi connectivity index (χ0v) is 14.6. The lowest BCUT2D eigenvalue weighted by Crippen LogP contribution is -2.57. The van der Waals surface area contributed by atoms with Gasteiger partial charge in [-0.15, -0.1) is 0 Å². The largest absolute Gasteiger partial charge is 0.462 e. The smallest absolute Gasteiger partial charge is 0.306 e. The normalized spacial score (nSPS) is 49.4. The number of carbonyl (C=O) groups is 2. The molecule has 23 heavy (non-hydrogen) atoms. The molecule has 0 spiro atoms. The van der Waals surface area contributed by atoms with Crippen LogP contribution < -0.4 is 0 Å². The zero-order chi connectivity index (χ0) is 16.4. The van der Waals surface area contributed by atoms with E-state index in [0.717, 1.165) is 25.7 Å². The third kappa shape index (κ3) is 2.08. The fourth-order valence-electron chi connectivity index (χ4n) is 6.36. The van der Waals surface area contributed by atoms with Crippen LogP contribution in [0.25, 0.3) is 0 Å². The maximum absolute atomic E-state index is 12.1. The highest BCUT2D eigenvalue weighted by atomic mass is 16.5. The number of esters is 1. The Morgan fingerprint density at radius 3 is 2.65 bits per heavy atom. The van der Waals surface area contributed by atoms with Gasteiger partial charge in [0.15, 0.2) is 5.78 Å². The van der Waals surface area contributed by atoms with E-state index >= 15 is 0 Å². The van der Waals surface area contributed by atoms with E-state index in [4.69, 9.17) is 4.74 Å². The molecule has 0 unspecified atom stereocenters. The third-order valence-electron chi connectivity index (χ3n) is 8.02. The molecule has 4 rings (SSSR count). The van der Waals surface area contributed by atoms with E-state index in [-0.39, 0.29) is 22.9 Å². The summed E-state index contributed by atoms with van der Waals surface area (Å²) in [5, 5.41) is 0. The van der Waals surface area contributed by atoms with Gasteiger partial charge in [0.25, 0.3) is 0 Å². The molecule has 3 aliphatic carbocycles. The monoisotopic (exact) mass is 316 g/mol. The number of allylic oxidation sites excluding steroid dienone is 2. The molecule has 3 nitrogen and oxygen atoms in total. The summed E-state index contributed by atoms with van der Waals surface area (Å²) in [4.78, 5) is 23.9. The van der Waals surface area contributed by atoms with Crippen LogP contribution in [-0.4, -0.2) is 17.9 Å². The molecule has 0 aromatic carbocycles. The van der Waals surface area contributed by atoms with Crippen molar-refractivity contribution >= 4 is 11.8 Å². The van der Waals surface area contributed by atoms with Gasteiger partial charge < -0.3 is 4.74 Å². The van der Waals surface area contributed by atoms with Gasteiger partial charge in [-0.3, -0.25) is 9.59 Å². The molecule has 0 amide bonds. The molecule has 6 atom stereocenters. The van der Waals surface area contributed by atoms with E-state index in [1.165, 1.54) is 12.0 Å². The fraction of sp³-hybridized carbons (Fsp3) is 0.800. The molecular formula is C20H28O3. The molecule has 4 aliphatic rings. The van der Waals surface area contributed by atoms with Gasteiger partial charge in [-0.25, -0.2) is 0 Å². The summed E-state index contributed by atoms with van der Waals surface area (Å²) >= 11 is 0. The van der Waals surface area contributed by atoms with Crippen molar-refractivity contribution in [2.75, 3.05) is 0 Å². The summed E-state index contributed by atoms with van der Waals surface area (Å²) < 4.78 is 5.59. The number of carbonyl (C=O) groups excluding carboxylic acids is 2. The number of ketones is 1. The molecule has 0 radical (unpaired) electrons. The highest BCUT2D eigenvalue weighted by molar-refractivity contribution is 5.91. The molecule has 1 saturated heterocycles. The summed E-state index contributed by atoms with van der Waals surface area (Å²) in [6, 6.07) is 0. The highest BCUT2D eigenvalue weighted by Gasteiger charge is 2.58. The van der Waals surface area contributed by atoms with Crippen molar-refractivity contribution < 1.29 is 14.3 Å². The first-order valence-electron chi connectivity index (χ1n) is 9.28. The topological polar surface area (TPSA) is 43.4 Å². The van der Waals surface area contributed by atoms with Crippen LogP contribution in [0.4, 0.5) is 0 Å². The Hall–Kier alpha value is -1.12. The number of rotatable bonds is 0. The van der Waals surface area contributed by atoms with Crippen LogP contribution in [0.5, 0.6) is 0 Å². The molecule has 0 aromatic rings. The van der Waals surface area contributed by atoms with E-state index < -0.39 is 0 Å². The molecule has 0 aromatic heterocycles. The maximum atomic E-state index is 12.1. The average molecular weight is 316 g/mol. The van der Waals surface area contributed by atoms with Crippen LogP contribution in [0.3, 0.4) is 0 Å². The van der Waals surface area contributed by atoms with E-state index in [1.54, 1.807) is 0 Å². The number of fused-ring (bicyclic) bond motifs is 5. The molecule has 0 N–H and O–H groups in total. The maximum Gasteiger partial charge on any atom is 0.306 e. The van der Waals surface area contributed by atoms with Gasteiger partial charge in [0.05, 0.1) is 0 Å². The highest BCUT2D eigenvalue weighted by Crippen LogP contribution is 2.63. The summed E-state index contributed by atoms with van der Waals surface area (Å²) in [7, 11) is 0. The Balaban J connectivity index is 1.70. The van der Waals surface area contributed by atoms with Crippen molar-refractivity contribution in [2.45, 2.75) is 71.8 Å². The Morgan fingerprint density at radius 1 is 1.09 bits per heavy atom. The van der Waals surface area contributed by atoms with Gasteiger partial charge in [-0.1, -0.05) is 19.4 Å². The minimum atomic E-state index is -0.00839. The minimum absolute atomic E-state index is 0.00839. The molecule has 3 heteroatoms. The van der Waals surface area contributed by atoms with Gasteiger partial charge in [-0.05, 0) is 68.3 Å². The summed E-state index contributed by atoms with van der Waals surface area (Å²) in [6.45, 7) is 6.80. The minimum Gasteiger partial charge on any atom is -0.462 e. The van der Waals surface area contributed by atoms with Crippen molar-refractivity contribution in [1.82, 2.24) is 0 Å². The van der Waals surface area contributed by atoms with E-state index in [9.17, 15) is 9.59 Å². The molecule has 126 valence electrons. The first-order valence-corrected chi connectivity index (χ1v) is 9.28. The summed E-state index contributed by atoms with van der Waals surface area (Å²) in [5.41, 5.74) is 1.71. The molecule has 2 saturated carbocycles. The van der Waals surface area contributed by atoms with Crippen molar-refractivity contribution in [3.05, 3.63) is 11.6 Å². The number of cyclic esters (lactones) is 1. The van der Waals surface area contributed by atoms with E-state index in [0.29, 0.717) is 36.4 Å². The lowest BCUT2D eigenvalue weighted by atomic mass is 9.45. The second-order valence-electron chi connectivity index (χ2n) is 8.85. The van der Waals surface area contributed by atoms with Gasteiger partial charge >= 0.3 is 5.97 Å². The molecule has 0 bridgehead atoms. The van der Waals surface area contributed by atoms with Crippen molar-refractivity contribution in [3.8, 4) is 0 Å². The van der Waals surface area contributed by atoms with Crippen molar-refractivity contribution in [3.63, 3.8) is 0 Å². The second kappa shape index (κ2) is 4.94. The molecule has 1 aliphatic heterocycles. The Bertz CT molecular complexity index is 592. The average Bonchev–Trinajstić information content (AvgIpc) is 2.49. The van der Waals surface area contributed by atoms with Crippen LogP contribution in [0.2, 0.25) is 0 Å². The molecule has 3 fully saturated rings. The van der Waals surface area contributed by atoms with Gasteiger partial charge in [0.1, 0.15) is 6.10 Å². The first-order chi connectivity index (χ1) is 10.8. The van der Waals surface area contributed by atoms with Gasteiger partial charge in [0, 0.05) is 18.3 Å². The van der Waals surface area contributed by atoms with Crippen LogP contribution in [-0.2, 0) is 14.3 Å². The molecular weight excluding hydrogens is 288 g/mol. The Kier molecular flexibility index (Phi) is 3.31. The lowest BCUT2D eigenvalue weighted by Gasteiger charge is -2.60. The number of hydrogen-bond acceptors (Lipinski definition) is 3. The van der Waals surface area contributed by atoms with Gasteiger partial charge in [-0.2, -0.15) is 0 Å². The van der Waals surface area contributed by atoms with Crippen LogP contribution >= 0.6 is 0 Å². The van der Waals surface area contributed by atoms with E-state index in [1.807, 2.05) is 6.08 Å². The third-order valence-corrected chi connectivity index (χ3v) is 8.02. The van der Waals surface area contributed by atoms with E-state index in [2.05, 4.69) is 20.8 Å². The SMILES string of the molecule is C[C@@H]1OC(=O)C[C@H]2[C@@H]3CCC4=CC(=O)CC[C@]4(C)[C@H]3CC[C@]12C. The second-order valence-corrected chi connectivity index (χ2v) is 8.85. The predicted molar refractivity (Wildman–Crippen MR) is 87.6 cm³/mol. The number of ether oxygens (including phenoxy) is 1. The number of hydrogen-bond donors (Lipinski definition) is 0. The summed E-state index contributed by atoms with van der Waals surface area (Å²) in [6.07, 6.45) is 8.81. The van der Waals surface area contributed by atoms with Crippen molar-refractivity contribution in [1.29, 1.82) is 0 Å². The van der Waals surface area contributed by atoms with Gasteiger partial charge in [0.2, 0.25) is 0 Å². The predicted octanol–water partition coefficient (Wildman–Crippen LogP) is 4.06. The van der Waals surface area contributed by atoms with Crippen LogP contribution in [0, 0.1) is 28.6 Å². The standard InChI is InChI=1S/C20H28O3/c1-12-19(2)9-7-16-15(17(19)11-18(22)23-12)5-4-13-10-14(21)6-8-20(13,16)3/h10,12,15-17H,4-9,11H2,1-3H3/t12-,15+,16-,17-,19+,20-/m0/s1. The first kappa shape index (κ1) is 15.4.